The van der Waals surface area contributed by atoms with Crippen molar-refractivity contribution in [2.24, 2.45) is 0 Å². The maximum Gasteiger partial charge on any atom is 0.339 e. The Bertz CT molecular complexity index is 868. The van der Waals surface area contributed by atoms with Crippen LogP contribution >= 0.6 is 0 Å². The first-order chi connectivity index (χ1) is 13.3. The average molecular weight is 391 g/mol. The summed E-state index contributed by atoms with van der Waals surface area (Å²) in [7, 11) is 0. The van der Waals surface area contributed by atoms with Crippen LogP contribution in [0.2, 0.25) is 0 Å². The highest BCUT2D eigenvalue weighted by Crippen LogP contribution is 2.16. The lowest BCUT2D eigenvalue weighted by molar-refractivity contribution is -0.149. The van der Waals surface area contributed by atoms with Gasteiger partial charge in [0.25, 0.3) is 5.91 Å². The van der Waals surface area contributed by atoms with E-state index >= 15 is 0 Å². The Balaban J connectivity index is 1.83. The second-order valence-corrected chi connectivity index (χ2v) is 5.73. The standard InChI is InChI=1S/C18H21N3O7/c1-4-26-18(25)13-8-11(2)21(12(13)3)9-16(23)28-10-15(22)19-20-17(24)14-6-5-7-27-14/h5-8H,4,9-10H2,1-3H3,(H,19,22)(H,20,24). The van der Waals surface area contributed by atoms with Gasteiger partial charge in [-0.2, -0.15) is 0 Å². The molecule has 2 aromatic heterocycles. The molecule has 2 rings (SSSR count). The SMILES string of the molecule is CCOC(=O)c1cc(C)n(CC(=O)OCC(=O)NNC(=O)c2ccco2)c1C. The molecular formula is C18H21N3O7. The van der Waals surface area contributed by atoms with E-state index in [1.54, 1.807) is 31.4 Å². The number of hydrogen-bond acceptors (Lipinski definition) is 7. The molecule has 2 N–H and O–H groups in total. The van der Waals surface area contributed by atoms with Gasteiger partial charge in [0, 0.05) is 11.4 Å². The minimum absolute atomic E-state index is 0.0215. The van der Waals surface area contributed by atoms with E-state index in [0.29, 0.717) is 17.0 Å². The van der Waals surface area contributed by atoms with E-state index in [4.69, 9.17) is 13.9 Å². The van der Waals surface area contributed by atoms with E-state index in [-0.39, 0.29) is 18.9 Å². The van der Waals surface area contributed by atoms with Crippen molar-refractivity contribution in [1.29, 1.82) is 0 Å². The average Bonchev–Trinajstić information content (AvgIpc) is 3.29. The van der Waals surface area contributed by atoms with Crippen molar-refractivity contribution in [2.75, 3.05) is 13.2 Å². The lowest BCUT2D eigenvalue weighted by Crippen LogP contribution is -2.43. The molecule has 0 aromatic carbocycles. The van der Waals surface area contributed by atoms with Crippen LogP contribution in [-0.2, 0) is 25.6 Å². The van der Waals surface area contributed by atoms with Crippen LogP contribution in [0.3, 0.4) is 0 Å². The fraction of sp³-hybridized carbons (Fsp3) is 0.333. The number of amides is 2. The van der Waals surface area contributed by atoms with Crippen LogP contribution in [-0.4, -0.2) is 41.5 Å². The minimum Gasteiger partial charge on any atom is -0.462 e. The van der Waals surface area contributed by atoms with Crippen molar-refractivity contribution < 1.29 is 33.1 Å². The molecule has 0 saturated heterocycles. The summed E-state index contributed by atoms with van der Waals surface area (Å²) in [5, 5.41) is 0. The van der Waals surface area contributed by atoms with Crippen molar-refractivity contribution in [1.82, 2.24) is 15.4 Å². The van der Waals surface area contributed by atoms with Crippen LogP contribution in [0.5, 0.6) is 0 Å². The van der Waals surface area contributed by atoms with Gasteiger partial charge in [0.2, 0.25) is 0 Å². The number of ether oxygens (including phenoxy) is 2. The number of carbonyl (C=O) groups excluding carboxylic acids is 4. The van der Waals surface area contributed by atoms with E-state index in [0.717, 1.165) is 0 Å². The normalized spacial score (nSPS) is 10.2. The van der Waals surface area contributed by atoms with Crippen molar-refractivity contribution in [3.63, 3.8) is 0 Å². The summed E-state index contributed by atoms with van der Waals surface area (Å²) in [6.07, 6.45) is 1.32. The van der Waals surface area contributed by atoms with E-state index in [1.165, 1.54) is 18.4 Å². The highest BCUT2D eigenvalue weighted by Gasteiger charge is 2.19. The Morgan fingerprint density at radius 1 is 1.14 bits per heavy atom. The molecule has 10 nitrogen and oxygen atoms in total. The number of nitrogens with one attached hydrogen (secondary N) is 2. The zero-order chi connectivity index (χ0) is 20.7. The fourth-order valence-electron chi connectivity index (χ4n) is 2.41. The predicted molar refractivity (Wildman–Crippen MR) is 95.1 cm³/mol. The molecule has 0 atom stereocenters. The fourth-order valence-corrected chi connectivity index (χ4v) is 2.41. The molecule has 2 heterocycles. The third kappa shape index (κ3) is 5.22. The Kier molecular flexibility index (Phi) is 6.96. The van der Waals surface area contributed by atoms with Gasteiger partial charge in [-0.15, -0.1) is 0 Å². The van der Waals surface area contributed by atoms with Crippen LogP contribution in [0, 0.1) is 13.8 Å². The van der Waals surface area contributed by atoms with Crippen molar-refractivity contribution >= 4 is 23.8 Å². The smallest absolute Gasteiger partial charge is 0.339 e. The van der Waals surface area contributed by atoms with Gasteiger partial charge in [-0.1, -0.05) is 0 Å². The second-order valence-electron chi connectivity index (χ2n) is 5.73. The van der Waals surface area contributed by atoms with Gasteiger partial charge in [-0.05, 0) is 39.0 Å². The number of furan rings is 1. The highest BCUT2D eigenvalue weighted by atomic mass is 16.5. The van der Waals surface area contributed by atoms with Crippen LogP contribution in [0.1, 0.15) is 39.2 Å². The quantitative estimate of drug-likeness (QED) is 0.529. The van der Waals surface area contributed by atoms with Gasteiger partial charge >= 0.3 is 17.8 Å². The van der Waals surface area contributed by atoms with Gasteiger partial charge in [0.15, 0.2) is 12.4 Å². The van der Waals surface area contributed by atoms with Crippen molar-refractivity contribution in [2.45, 2.75) is 27.3 Å². The molecule has 10 heteroatoms. The van der Waals surface area contributed by atoms with Crippen LogP contribution < -0.4 is 10.9 Å². The van der Waals surface area contributed by atoms with Gasteiger partial charge in [-0.25, -0.2) is 4.79 Å². The summed E-state index contributed by atoms with van der Waals surface area (Å²) in [6.45, 7) is 4.61. The lowest BCUT2D eigenvalue weighted by Gasteiger charge is -2.10. The Labute approximate surface area is 160 Å². The first-order valence-electron chi connectivity index (χ1n) is 8.45. The third-order valence-corrected chi connectivity index (χ3v) is 3.78. The van der Waals surface area contributed by atoms with Gasteiger partial charge < -0.3 is 18.5 Å². The molecule has 0 radical (unpaired) electrons. The van der Waals surface area contributed by atoms with E-state index in [2.05, 4.69) is 10.9 Å². The first kappa shape index (κ1) is 20.7. The van der Waals surface area contributed by atoms with Crippen LogP contribution in [0.25, 0.3) is 0 Å². The number of carbonyl (C=O) groups is 4. The number of rotatable bonds is 7. The maximum absolute atomic E-state index is 12.0. The predicted octanol–water partition coefficient (Wildman–Crippen LogP) is 0.879. The molecule has 150 valence electrons. The summed E-state index contributed by atoms with van der Waals surface area (Å²) in [6, 6.07) is 4.57. The monoisotopic (exact) mass is 391 g/mol. The molecule has 2 amide bonds. The lowest BCUT2D eigenvalue weighted by atomic mass is 10.2. The van der Waals surface area contributed by atoms with Crippen LogP contribution in [0.4, 0.5) is 0 Å². The summed E-state index contributed by atoms with van der Waals surface area (Å²) >= 11 is 0. The summed E-state index contributed by atoms with van der Waals surface area (Å²) in [5.74, 6) is -2.49. The van der Waals surface area contributed by atoms with Crippen molar-refractivity contribution in [3.05, 3.63) is 47.2 Å². The van der Waals surface area contributed by atoms with E-state index in [1.807, 2.05) is 0 Å². The molecule has 0 aliphatic rings. The molecule has 0 fully saturated rings. The zero-order valence-corrected chi connectivity index (χ0v) is 15.7. The minimum atomic E-state index is -0.721. The molecule has 28 heavy (non-hydrogen) atoms. The van der Waals surface area contributed by atoms with Gasteiger partial charge in [0.1, 0.15) is 6.54 Å². The number of nitrogens with zero attached hydrogens (tertiary/aromatic N) is 1. The molecule has 0 aliphatic heterocycles. The molecule has 0 aliphatic carbocycles. The largest absolute Gasteiger partial charge is 0.462 e. The van der Waals surface area contributed by atoms with Gasteiger partial charge in [-0.3, -0.25) is 25.2 Å². The number of aromatic nitrogens is 1. The molecule has 0 unspecified atom stereocenters. The molecular weight excluding hydrogens is 370 g/mol. The number of hydrazine groups is 1. The molecule has 2 aromatic rings. The molecule has 0 bridgehead atoms. The number of hydrogen-bond donors (Lipinski definition) is 2. The van der Waals surface area contributed by atoms with Crippen molar-refractivity contribution in [3.8, 4) is 0 Å². The number of esters is 2. The Morgan fingerprint density at radius 2 is 1.89 bits per heavy atom. The number of aryl methyl sites for hydroxylation is 1. The second kappa shape index (κ2) is 9.40. The van der Waals surface area contributed by atoms with Crippen LogP contribution in [0.15, 0.2) is 28.9 Å². The Morgan fingerprint density at radius 3 is 2.54 bits per heavy atom. The Hall–Kier alpha value is -3.56. The van der Waals surface area contributed by atoms with Gasteiger partial charge in [0.05, 0.1) is 18.4 Å². The first-order valence-corrected chi connectivity index (χ1v) is 8.45. The zero-order valence-electron chi connectivity index (χ0n) is 15.7. The summed E-state index contributed by atoms with van der Waals surface area (Å²) in [5.41, 5.74) is 5.82. The maximum atomic E-state index is 12.0. The summed E-state index contributed by atoms with van der Waals surface area (Å²) in [4.78, 5) is 47.2. The van der Waals surface area contributed by atoms with E-state index < -0.39 is 30.4 Å². The summed E-state index contributed by atoms with van der Waals surface area (Å²) < 4.78 is 16.3. The third-order valence-electron chi connectivity index (χ3n) is 3.78. The topological polar surface area (TPSA) is 129 Å². The highest BCUT2D eigenvalue weighted by molar-refractivity contribution is 5.93. The molecule has 0 saturated carbocycles. The molecule has 0 spiro atoms. The van der Waals surface area contributed by atoms with E-state index in [9.17, 15) is 19.2 Å².